The second-order valence-corrected chi connectivity index (χ2v) is 14.3. The Balaban J connectivity index is 1.08. The van der Waals surface area contributed by atoms with E-state index in [0.29, 0.717) is 17.5 Å². The fraction of sp³-hybridized carbons (Fsp3) is 0. The highest BCUT2D eigenvalue weighted by Gasteiger charge is 2.20. The van der Waals surface area contributed by atoms with Crippen molar-refractivity contribution in [3.05, 3.63) is 200 Å². The minimum absolute atomic E-state index is 0.557. The van der Waals surface area contributed by atoms with Gasteiger partial charge in [-0.15, -0.1) is 0 Å². The minimum Gasteiger partial charge on any atom is -0.455 e. The molecule has 0 atom stereocenters. The lowest BCUT2D eigenvalue weighted by Gasteiger charge is -2.14. The summed E-state index contributed by atoms with van der Waals surface area (Å²) in [4.78, 5) is 15.6. The van der Waals surface area contributed by atoms with Crippen LogP contribution in [0.2, 0.25) is 0 Å². The zero-order valence-electron chi connectivity index (χ0n) is 30.8. The van der Waals surface area contributed by atoms with Gasteiger partial charge in [0.2, 0.25) is 0 Å². The normalized spacial score (nSPS) is 11.5. The molecule has 0 fully saturated rings. The summed E-state index contributed by atoms with van der Waals surface area (Å²) < 4.78 is 6.51. The number of fused-ring (bicyclic) bond motifs is 5. The molecule has 0 bridgehead atoms. The first-order valence-electron chi connectivity index (χ1n) is 19.2. The molecule has 0 aliphatic rings. The molecule has 2 heterocycles. The van der Waals surface area contributed by atoms with Gasteiger partial charge in [0.05, 0.1) is 5.56 Å². The Labute approximate surface area is 329 Å². The van der Waals surface area contributed by atoms with Crippen molar-refractivity contribution in [3.8, 4) is 67.5 Å². The molecule has 4 nitrogen and oxygen atoms in total. The third kappa shape index (κ3) is 5.74. The van der Waals surface area contributed by atoms with Gasteiger partial charge in [0, 0.05) is 21.9 Å². The van der Waals surface area contributed by atoms with E-state index >= 15 is 0 Å². The van der Waals surface area contributed by atoms with Gasteiger partial charge in [-0.25, -0.2) is 15.0 Å². The molecule has 57 heavy (non-hydrogen) atoms. The van der Waals surface area contributed by atoms with E-state index in [2.05, 4.69) is 170 Å². The molecular weight excluding hydrogens is 695 g/mol. The molecule has 11 aromatic rings. The molecule has 11 rings (SSSR count). The number of benzene rings is 9. The molecule has 266 valence electrons. The van der Waals surface area contributed by atoms with Gasteiger partial charge in [-0.2, -0.15) is 0 Å². The average molecular weight is 728 g/mol. The van der Waals surface area contributed by atoms with E-state index in [4.69, 9.17) is 19.4 Å². The van der Waals surface area contributed by atoms with E-state index in [1.54, 1.807) is 0 Å². The molecule has 9 aromatic carbocycles. The maximum absolute atomic E-state index is 6.51. The van der Waals surface area contributed by atoms with Gasteiger partial charge in [-0.1, -0.05) is 176 Å². The standard InChI is InChI=1S/C53H33N3O/c1-2-13-34(14-3-1)38-17-10-18-39(33-38)35-27-29-37(30-28-35)51-54-52(56-53(55-51)48-25-12-24-46-45-22-8-9-26-49(45)57-50(46)48)47-32-31-44(42-20-6-7-21-43(42)47)41-23-11-16-36-15-4-5-19-40(36)41/h1-33H. The largest absolute Gasteiger partial charge is 0.455 e. The summed E-state index contributed by atoms with van der Waals surface area (Å²) in [6, 6.07) is 70.0. The first-order chi connectivity index (χ1) is 28.2. The SMILES string of the molecule is c1ccc(-c2cccc(-c3ccc(-c4nc(-c5ccc(-c6cccc7ccccc67)c6ccccc56)nc(-c5cccc6c5oc5ccccc56)n4)cc3)c2)cc1. The highest BCUT2D eigenvalue weighted by Crippen LogP contribution is 2.40. The summed E-state index contributed by atoms with van der Waals surface area (Å²) in [7, 11) is 0. The number of nitrogens with zero attached hydrogens (tertiary/aromatic N) is 3. The van der Waals surface area contributed by atoms with E-state index in [1.165, 1.54) is 33.0 Å². The smallest absolute Gasteiger partial charge is 0.167 e. The third-order valence-corrected chi connectivity index (χ3v) is 11.0. The van der Waals surface area contributed by atoms with Crippen LogP contribution in [0, 0.1) is 0 Å². The molecule has 0 amide bonds. The van der Waals surface area contributed by atoms with Gasteiger partial charge in [0.15, 0.2) is 17.5 Å². The van der Waals surface area contributed by atoms with Crippen molar-refractivity contribution in [2.24, 2.45) is 0 Å². The number of para-hydroxylation sites is 2. The summed E-state index contributed by atoms with van der Waals surface area (Å²) >= 11 is 0. The maximum Gasteiger partial charge on any atom is 0.167 e. The number of hydrogen-bond acceptors (Lipinski definition) is 4. The average Bonchev–Trinajstić information content (AvgIpc) is 3.68. The van der Waals surface area contributed by atoms with Crippen LogP contribution in [0.3, 0.4) is 0 Å². The van der Waals surface area contributed by atoms with Crippen LogP contribution in [0.25, 0.3) is 111 Å². The van der Waals surface area contributed by atoms with Crippen molar-refractivity contribution in [2.75, 3.05) is 0 Å². The Kier molecular flexibility index (Phi) is 7.78. The van der Waals surface area contributed by atoms with E-state index in [9.17, 15) is 0 Å². The van der Waals surface area contributed by atoms with Gasteiger partial charge in [0.1, 0.15) is 11.2 Å². The van der Waals surface area contributed by atoms with Crippen molar-refractivity contribution in [1.29, 1.82) is 0 Å². The zero-order valence-corrected chi connectivity index (χ0v) is 30.8. The van der Waals surface area contributed by atoms with Crippen LogP contribution in [0.4, 0.5) is 0 Å². The predicted molar refractivity (Wildman–Crippen MR) is 235 cm³/mol. The molecule has 0 radical (unpaired) electrons. The van der Waals surface area contributed by atoms with Crippen LogP contribution in [0.1, 0.15) is 0 Å². The lowest BCUT2D eigenvalue weighted by molar-refractivity contribution is 0.669. The van der Waals surface area contributed by atoms with Crippen molar-refractivity contribution < 1.29 is 4.42 Å². The van der Waals surface area contributed by atoms with Crippen molar-refractivity contribution in [3.63, 3.8) is 0 Å². The summed E-state index contributed by atoms with van der Waals surface area (Å²) in [5.41, 5.74) is 11.2. The van der Waals surface area contributed by atoms with Crippen LogP contribution in [-0.2, 0) is 0 Å². The Morgan fingerprint density at radius 1 is 0.281 bits per heavy atom. The minimum atomic E-state index is 0.557. The van der Waals surface area contributed by atoms with E-state index < -0.39 is 0 Å². The van der Waals surface area contributed by atoms with Crippen LogP contribution in [0.15, 0.2) is 205 Å². The molecule has 0 spiro atoms. The maximum atomic E-state index is 6.51. The van der Waals surface area contributed by atoms with Gasteiger partial charge < -0.3 is 4.42 Å². The highest BCUT2D eigenvalue weighted by molar-refractivity contribution is 6.10. The molecule has 0 N–H and O–H groups in total. The molecule has 0 aliphatic carbocycles. The number of aromatic nitrogens is 3. The first kappa shape index (κ1) is 32.7. The Bertz CT molecular complexity index is 3290. The fourth-order valence-corrected chi connectivity index (χ4v) is 8.18. The molecule has 0 unspecified atom stereocenters. The number of hydrogen-bond donors (Lipinski definition) is 0. The van der Waals surface area contributed by atoms with Crippen molar-refractivity contribution in [2.45, 2.75) is 0 Å². The second kappa shape index (κ2) is 13.6. The molecule has 0 saturated carbocycles. The third-order valence-electron chi connectivity index (χ3n) is 11.0. The summed E-state index contributed by atoms with van der Waals surface area (Å²) in [5.74, 6) is 1.75. The Morgan fingerprint density at radius 2 is 0.772 bits per heavy atom. The Hall–Kier alpha value is -7.69. The van der Waals surface area contributed by atoms with Crippen LogP contribution in [-0.4, -0.2) is 15.0 Å². The summed E-state index contributed by atoms with van der Waals surface area (Å²) in [6.07, 6.45) is 0. The fourth-order valence-electron chi connectivity index (χ4n) is 8.18. The lowest BCUT2D eigenvalue weighted by Crippen LogP contribution is -2.01. The van der Waals surface area contributed by atoms with E-state index in [0.717, 1.165) is 60.5 Å². The van der Waals surface area contributed by atoms with E-state index in [-0.39, 0.29) is 0 Å². The highest BCUT2D eigenvalue weighted by atomic mass is 16.3. The second-order valence-electron chi connectivity index (χ2n) is 14.3. The lowest BCUT2D eigenvalue weighted by atomic mass is 9.92. The summed E-state index contributed by atoms with van der Waals surface area (Å²) in [6.45, 7) is 0. The van der Waals surface area contributed by atoms with Crippen molar-refractivity contribution in [1.82, 2.24) is 15.0 Å². The molecule has 0 saturated heterocycles. The molecule has 0 aliphatic heterocycles. The van der Waals surface area contributed by atoms with Gasteiger partial charge in [-0.3, -0.25) is 0 Å². The first-order valence-corrected chi connectivity index (χ1v) is 19.2. The topological polar surface area (TPSA) is 51.8 Å². The van der Waals surface area contributed by atoms with Gasteiger partial charge in [0.25, 0.3) is 0 Å². The van der Waals surface area contributed by atoms with Gasteiger partial charge >= 0.3 is 0 Å². The van der Waals surface area contributed by atoms with Gasteiger partial charge in [-0.05, 0) is 79.2 Å². The number of rotatable bonds is 6. The van der Waals surface area contributed by atoms with Crippen LogP contribution < -0.4 is 0 Å². The van der Waals surface area contributed by atoms with Crippen molar-refractivity contribution >= 4 is 43.5 Å². The monoisotopic (exact) mass is 727 g/mol. The Morgan fingerprint density at radius 3 is 1.58 bits per heavy atom. The van der Waals surface area contributed by atoms with Crippen LogP contribution >= 0.6 is 0 Å². The molecule has 2 aromatic heterocycles. The number of furan rings is 1. The van der Waals surface area contributed by atoms with E-state index in [1.807, 2.05) is 30.3 Å². The molecule has 4 heteroatoms. The molecular formula is C53H33N3O. The quantitative estimate of drug-likeness (QED) is 0.171. The predicted octanol–water partition coefficient (Wildman–Crippen LogP) is 14.1. The summed E-state index contributed by atoms with van der Waals surface area (Å²) in [5, 5.41) is 6.73. The zero-order chi connectivity index (χ0) is 37.7. The van der Waals surface area contributed by atoms with Crippen LogP contribution in [0.5, 0.6) is 0 Å².